The minimum absolute atomic E-state index is 0.126. The van der Waals surface area contributed by atoms with Gasteiger partial charge in [-0.1, -0.05) is 0 Å². The highest BCUT2D eigenvalue weighted by Gasteiger charge is 2.32. The number of tetrazole rings is 1. The Labute approximate surface area is 92.6 Å². The first kappa shape index (κ1) is 11.2. The van der Waals surface area contributed by atoms with Gasteiger partial charge >= 0.3 is 6.36 Å². The van der Waals surface area contributed by atoms with Gasteiger partial charge in [-0.2, -0.15) is 0 Å². The zero-order valence-corrected chi connectivity index (χ0v) is 8.19. The number of H-pyrrole nitrogens is 1. The van der Waals surface area contributed by atoms with Gasteiger partial charge in [0.05, 0.1) is 5.69 Å². The Balaban J connectivity index is 2.36. The van der Waals surface area contributed by atoms with Gasteiger partial charge in [0.25, 0.3) is 0 Å². The average molecular weight is 245 g/mol. The second kappa shape index (κ2) is 3.92. The van der Waals surface area contributed by atoms with E-state index >= 15 is 0 Å². The molecular weight excluding hydrogens is 239 g/mol. The third-order valence-corrected chi connectivity index (χ3v) is 1.86. The number of aromatic nitrogens is 4. The first-order valence-corrected chi connectivity index (χ1v) is 4.35. The summed E-state index contributed by atoms with van der Waals surface area (Å²) in [6.07, 6.45) is -4.80. The minimum atomic E-state index is -4.80. The Morgan fingerprint density at radius 2 is 2.06 bits per heavy atom. The zero-order chi connectivity index (χ0) is 12.5. The van der Waals surface area contributed by atoms with Crippen LogP contribution >= 0.6 is 0 Å². The van der Waals surface area contributed by atoms with Crippen LogP contribution in [0, 0.1) is 0 Å². The molecule has 0 bridgehead atoms. The first-order chi connectivity index (χ1) is 7.96. The molecule has 0 atom stereocenters. The van der Waals surface area contributed by atoms with Crippen LogP contribution in [0.2, 0.25) is 0 Å². The lowest BCUT2D eigenvalue weighted by Gasteiger charge is -2.11. The van der Waals surface area contributed by atoms with Gasteiger partial charge in [0.1, 0.15) is 0 Å². The molecule has 0 unspecified atom stereocenters. The Kier molecular flexibility index (Phi) is 2.58. The first-order valence-electron chi connectivity index (χ1n) is 4.35. The molecule has 0 spiro atoms. The van der Waals surface area contributed by atoms with E-state index in [4.69, 9.17) is 5.73 Å². The van der Waals surface area contributed by atoms with Gasteiger partial charge < -0.3 is 10.5 Å². The van der Waals surface area contributed by atoms with Gasteiger partial charge in [0.2, 0.25) is 0 Å². The van der Waals surface area contributed by atoms with Crippen LogP contribution in [0.1, 0.15) is 0 Å². The summed E-state index contributed by atoms with van der Waals surface area (Å²) in [5.74, 6) is -0.275. The number of anilines is 1. The highest BCUT2D eigenvalue weighted by molar-refractivity contribution is 5.64. The van der Waals surface area contributed by atoms with Crippen molar-refractivity contribution in [3.05, 3.63) is 18.2 Å². The fourth-order valence-corrected chi connectivity index (χ4v) is 1.18. The molecule has 0 amide bonds. The van der Waals surface area contributed by atoms with E-state index in [2.05, 4.69) is 25.4 Å². The molecular formula is C8H6F3N5O. The van der Waals surface area contributed by atoms with Crippen molar-refractivity contribution in [1.29, 1.82) is 0 Å². The molecule has 90 valence electrons. The number of nitrogens with zero attached hydrogens (tertiary/aromatic N) is 3. The van der Waals surface area contributed by atoms with E-state index in [1.807, 2.05) is 0 Å². The van der Waals surface area contributed by atoms with E-state index in [9.17, 15) is 13.2 Å². The highest BCUT2D eigenvalue weighted by Crippen LogP contribution is 2.31. The molecule has 17 heavy (non-hydrogen) atoms. The molecule has 6 nitrogen and oxygen atoms in total. The summed E-state index contributed by atoms with van der Waals surface area (Å²) < 4.78 is 40.0. The Morgan fingerprint density at radius 3 is 2.65 bits per heavy atom. The zero-order valence-electron chi connectivity index (χ0n) is 8.19. The number of nitrogens with one attached hydrogen (secondary N) is 1. The molecule has 2 aromatic rings. The van der Waals surface area contributed by atoms with E-state index in [1.54, 1.807) is 0 Å². The van der Waals surface area contributed by atoms with Gasteiger partial charge in [-0.3, -0.25) is 0 Å². The number of nitrogens with two attached hydrogens (primary N) is 1. The largest absolute Gasteiger partial charge is 0.573 e. The van der Waals surface area contributed by atoms with E-state index in [0.29, 0.717) is 5.56 Å². The molecule has 9 heteroatoms. The van der Waals surface area contributed by atoms with Crippen LogP contribution in [0.15, 0.2) is 18.2 Å². The lowest BCUT2D eigenvalue weighted by atomic mass is 10.2. The van der Waals surface area contributed by atoms with Gasteiger partial charge in [-0.15, -0.1) is 18.3 Å². The van der Waals surface area contributed by atoms with Crippen LogP contribution in [0.4, 0.5) is 18.9 Å². The lowest BCUT2D eigenvalue weighted by molar-refractivity contribution is -0.274. The van der Waals surface area contributed by atoms with Gasteiger partial charge in [-0.05, 0) is 28.6 Å². The van der Waals surface area contributed by atoms with E-state index in [-0.39, 0.29) is 11.5 Å². The van der Waals surface area contributed by atoms with Crippen molar-refractivity contribution in [1.82, 2.24) is 20.6 Å². The van der Waals surface area contributed by atoms with Crippen LogP contribution in [0.25, 0.3) is 11.4 Å². The molecule has 0 fully saturated rings. The number of halogens is 3. The van der Waals surface area contributed by atoms with Crippen molar-refractivity contribution in [2.24, 2.45) is 0 Å². The van der Waals surface area contributed by atoms with Crippen LogP contribution in [-0.4, -0.2) is 27.0 Å². The number of hydrogen-bond acceptors (Lipinski definition) is 5. The van der Waals surface area contributed by atoms with E-state index < -0.39 is 12.1 Å². The summed E-state index contributed by atoms with van der Waals surface area (Å²) in [7, 11) is 0. The van der Waals surface area contributed by atoms with Gasteiger partial charge in [-0.25, -0.2) is 5.10 Å². The molecule has 0 saturated heterocycles. The summed E-state index contributed by atoms with van der Waals surface area (Å²) in [4.78, 5) is 0. The van der Waals surface area contributed by atoms with Crippen molar-refractivity contribution in [2.75, 3.05) is 5.73 Å². The smallest absolute Gasteiger partial charge is 0.404 e. The maximum absolute atomic E-state index is 12.1. The predicted molar refractivity (Wildman–Crippen MR) is 50.7 cm³/mol. The maximum Gasteiger partial charge on any atom is 0.573 e. The standard InChI is InChI=1S/C8H6F3N5O/c9-8(10,11)17-6-3-4(1-2-5(6)12)7-13-15-16-14-7/h1-3H,12H2,(H,13,14,15,16). The van der Waals surface area contributed by atoms with Gasteiger partial charge in [0, 0.05) is 5.56 Å². The average Bonchev–Trinajstić information content (AvgIpc) is 2.72. The third-order valence-electron chi connectivity index (χ3n) is 1.86. The lowest BCUT2D eigenvalue weighted by Crippen LogP contribution is -2.18. The minimum Gasteiger partial charge on any atom is -0.404 e. The summed E-state index contributed by atoms with van der Waals surface area (Å²) in [5.41, 5.74) is 5.57. The monoisotopic (exact) mass is 245 g/mol. The number of rotatable bonds is 2. The summed E-state index contributed by atoms with van der Waals surface area (Å²) in [6.45, 7) is 0. The fraction of sp³-hybridized carbons (Fsp3) is 0.125. The Bertz CT molecular complexity index is 510. The maximum atomic E-state index is 12.1. The molecule has 0 aliphatic heterocycles. The molecule has 0 saturated carbocycles. The normalized spacial score (nSPS) is 11.5. The van der Waals surface area contributed by atoms with Crippen molar-refractivity contribution in [3.8, 4) is 17.1 Å². The van der Waals surface area contributed by atoms with Crippen LogP contribution in [-0.2, 0) is 0 Å². The number of alkyl halides is 3. The molecule has 1 heterocycles. The number of aromatic amines is 1. The van der Waals surface area contributed by atoms with Crippen LogP contribution < -0.4 is 10.5 Å². The SMILES string of the molecule is Nc1ccc(-c2nnn[nH]2)cc1OC(F)(F)F. The summed E-state index contributed by atoms with van der Waals surface area (Å²) in [5, 5.41) is 12.6. The third kappa shape index (κ3) is 2.62. The second-order valence-electron chi connectivity index (χ2n) is 3.05. The van der Waals surface area contributed by atoms with Crippen molar-refractivity contribution in [3.63, 3.8) is 0 Å². The number of ether oxygens (including phenoxy) is 1. The topological polar surface area (TPSA) is 89.7 Å². The Hall–Kier alpha value is -2.32. The molecule has 3 N–H and O–H groups in total. The van der Waals surface area contributed by atoms with Crippen molar-refractivity contribution < 1.29 is 17.9 Å². The summed E-state index contributed by atoms with van der Waals surface area (Å²) >= 11 is 0. The summed E-state index contributed by atoms with van der Waals surface area (Å²) in [6, 6.07) is 3.85. The van der Waals surface area contributed by atoms with E-state index in [1.165, 1.54) is 12.1 Å². The Morgan fingerprint density at radius 1 is 1.29 bits per heavy atom. The molecule has 0 aliphatic carbocycles. The van der Waals surface area contributed by atoms with E-state index in [0.717, 1.165) is 6.07 Å². The fourth-order valence-electron chi connectivity index (χ4n) is 1.18. The van der Waals surface area contributed by atoms with Crippen LogP contribution in [0.5, 0.6) is 5.75 Å². The van der Waals surface area contributed by atoms with Crippen molar-refractivity contribution >= 4 is 5.69 Å². The number of benzene rings is 1. The number of nitrogen functional groups attached to an aromatic ring is 1. The molecule has 1 aromatic heterocycles. The molecule has 0 radical (unpaired) electrons. The molecule has 0 aliphatic rings. The number of hydrogen-bond donors (Lipinski definition) is 2. The quantitative estimate of drug-likeness (QED) is 0.779. The molecule has 1 aromatic carbocycles. The van der Waals surface area contributed by atoms with Crippen LogP contribution in [0.3, 0.4) is 0 Å². The second-order valence-corrected chi connectivity index (χ2v) is 3.05. The van der Waals surface area contributed by atoms with Gasteiger partial charge in [0.15, 0.2) is 11.6 Å². The van der Waals surface area contributed by atoms with Crippen molar-refractivity contribution in [2.45, 2.75) is 6.36 Å². The molecule has 2 rings (SSSR count). The highest BCUT2D eigenvalue weighted by atomic mass is 19.4. The predicted octanol–water partition coefficient (Wildman–Crippen LogP) is 1.35.